The normalized spacial score (nSPS) is 9.81. The van der Waals surface area contributed by atoms with Crippen molar-refractivity contribution < 1.29 is 29.0 Å². The smallest absolute Gasteiger partial charge is 0.325 e. The summed E-state index contributed by atoms with van der Waals surface area (Å²) < 4.78 is 8.93. The number of esters is 2. The van der Waals surface area contributed by atoms with E-state index in [1.54, 1.807) is 0 Å². The molecule has 0 unspecified atom stereocenters. The van der Waals surface area contributed by atoms with Gasteiger partial charge in [0.2, 0.25) is 0 Å². The van der Waals surface area contributed by atoms with Gasteiger partial charge in [-0.1, -0.05) is 6.07 Å². The van der Waals surface area contributed by atoms with Crippen LogP contribution in [-0.4, -0.2) is 55.2 Å². The fraction of sp³-hybridized carbons (Fsp3) is 0.308. The standard InChI is InChI=1S/C13H16N2O6/c1-20-10(16)6-15(7-11(17)21-2)13(19)8-4-3-5-9(14)12(8)18/h3-5,18H,6-7,14H2,1-2H3. The van der Waals surface area contributed by atoms with Crippen LogP contribution in [-0.2, 0) is 19.1 Å². The Labute approximate surface area is 121 Å². The molecule has 8 nitrogen and oxygen atoms in total. The Morgan fingerprint density at radius 3 is 2.14 bits per heavy atom. The van der Waals surface area contributed by atoms with Crippen LogP contribution in [0.25, 0.3) is 0 Å². The molecule has 0 saturated heterocycles. The van der Waals surface area contributed by atoms with Gasteiger partial charge in [0.05, 0.1) is 25.5 Å². The number of nitrogen functional groups attached to an aromatic ring is 1. The van der Waals surface area contributed by atoms with Crippen LogP contribution in [0.5, 0.6) is 5.75 Å². The lowest BCUT2D eigenvalue weighted by molar-refractivity contribution is -0.144. The zero-order valence-corrected chi connectivity index (χ0v) is 11.7. The molecule has 1 amide bonds. The van der Waals surface area contributed by atoms with E-state index in [-0.39, 0.29) is 11.3 Å². The molecular weight excluding hydrogens is 280 g/mol. The highest BCUT2D eigenvalue weighted by Gasteiger charge is 2.24. The molecule has 0 spiro atoms. The highest BCUT2D eigenvalue weighted by atomic mass is 16.5. The maximum Gasteiger partial charge on any atom is 0.325 e. The topological polar surface area (TPSA) is 119 Å². The van der Waals surface area contributed by atoms with Crippen molar-refractivity contribution in [3.05, 3.63) is 23.8 Å². The average Bonchev–Trinajstić information content (AvgIpc) is 2.48. The molecule has 0 aliphatic carbocycles. The van der Waals surface area contributed by atoms with Crippen LogP contribution < -0.4 is 5.73 Å². The Bertz CT molecular complexity index is 540. The Balaban J connectivity index is 3.06. The Hall–Kier alpha value is -2.77. The van der Waals surface area contributed by atoms with E-state index in [0.717, 1.165) is 19.1 Å². The SMILES string of the molecule is COC(=O)CN(CC(=O)OC)C(=O)c1cccc(N)c1O. The van der Waals surface area contributed by atoms with Gasteiger partial charge in [-0.15, -0.1) is 0 Å². The van der Waals surface area contributed by atoms with Crippen LogP contribution in [0, 0.1) is 0 Å². The van der Waals surface area contributed by atoms with Crippen molar-refractivity contribution in [2.45, 2.75) is 0 Å². The second-order valence-corrected chi connectivity index (χ2v) is 4.06. The number of amides is 1. The number of ether oxygens (including phenoxy) is 2. The molecule has 0 atom stereocenters. The summed E-state index contributed by atoms with van der Waals surface area (Å²) >= 11 is 0. The van der Waals surface area contributed by atoms with E-state index < -0.39 is 36.7 Å². The van der Waals surface area contributed by atoms with Crippen molar-refractivity contribution in [3.63, 3.8) is 0 Å². The highest BCUT2D eigenvalue weighted by Crippen LogP contribution is 2.25. The maximum atomic E-state index is 12.3. The second-order valence-electron chi connectivity index (χ2n) is 4.06. The molecule has 0 aromatic heterocycles. The number of aromatic hydroxyl groups is 1. The second kappa shape index (κ2) is 7.13. The number of benzene rings is 1. The summed E-state index contributed by atoms with van der Waals surface area (Å²) in [5, 5.41) is 9.79. The Kier molecular flexibility index (Phi) is 5.53. The van der Waals surface area contributed by atoms with Gasteiger partial charge in [0.25, 0.3) is 5.91 Å². The van der Waals surface area contributed by atoms with E-state index in [0.29, 0.717) is 0 Å². The first kappa shape index (κ1) is 16.3. The van der Waals surface area contributed by atoms with Crippen LogP contribution in [0.1, 0.15) is 10.4 Å². The van der Waals surface area contributed by atoms with Crippen molar-refractivity contribution in [1.29, 1.82) is 0 Å². The van der Waals surface area contributed by atoms with Crippen LogP contribution in [0.3, 0.4) is 0 Å². The van der Waals surface area contributed by atoms with E-state index in [1.807, 2.05) is 0 Å². The first-order valence-electron chi connectivity index (χ1n) is 5.91. The van der Waals surface area contributed by atoms with E-state index >= 15 is 0 Å². The summed E-state index contributed by atoms with van der Waals surface area (Å²) in [6, 6.07) is 4.21. The van der Waals surface area contributed by atoms with E-state index in [1.165, 1.54) is 18.2 Å². The zero-order chi connectivity index (χ0) is 16.0. The summed E-state index contributed by atoms with van der Waals surface area (Å²) in [5.74, 6) is -2.58. The number of nitrogens with two attached hydrogens (primary N) is 1. The van der Waals surface area contributed by atoms with Gasteiger partial charge in [-0.25, -0.2) is 0 Å². The molecule has 21 heavy (non-hydrogen) atoms. The van der Waals surface area contributed by atoms with Crippen LogP contribution in [0.2, 0.25) is 0 Å². The summed E-state index contributed by atoms with van der Waals surface area (Å²) in [6.45, 7) is -0.919. The maximum absolute atomic E-state index is 12.3. The van der Waals surface area contributed by atoms with Gasteiger partial charge in [0.15, 0.2) is 5.75 Å². The molecule has 1 rings (SSSR count). The number of phenolic OH excluding ortho intramolecular Hbond substituents is 1. The quantitative estimate of drug-likeness (QED) is 0.437. The summed E-state index contributed by atoms with van der Waals surface area (Å²) in [5.41, 5.74) is 5.40. The molecule has 0 aliphatic heterocycles. The predicted molar refractivity (Wildman–Crippen MR) is 72.5 cm³/mol. The lowest BCUT2D eigenvalue weighted by Crippen LogP contribution is -2.40. The molecule has 0 saturated carbocycles. The monoisotopic (exact) mass is 296 g/mol. The minimum Gasteiger partial charge on any atom is -0.505 e. The third-order valence-electron chi connectivity index (χ3n) is 2.68. The minimum absolute atomic E-state index is 0.0111. The van der Waals surface area contributed by atoms with Gasteiger partial charge in [-0.05, 0) is 12.1 Å². The molecule has 0 bridgehead atoms. The lowest BCUT2D eigenvalue weighted by Gasteiger charge is -2.20. The van der Waals surface area contributed by atoms with Gasteiger partial charge < -0.3 is 25.2 Å². The molecular formula is C13H16N2O6. The predicted octanol–water partition coefficient (Wildman–Crippen LogP) is -0.237. The zero-order valence-electron chi connectivity index (χ0n) is 11.7. The number of hydrogen-bond acceptors (Lipinski definition) is 7. The number of anilines is 1. The number of para-hydroxylation sites is 1. The van der Waals surface area contributed by atoms with Gasteiger partial charge in [0.1, 0.15) is 13.1 Å². The molecule has 3 N–H and O–H groups in total. The van der Waals surface area contributed by atoms with Crippen LogP contribution in [0.15, 0.2) is 18.2 Å². The molecule has 1 aromatic carbocycles. The molecule has 1 aromatic rings. The number of nitrogens with zero attached hydrogens (tertiary/aromatic N) is 1. The number of rotatable bonds is 5. The molecule has 0 fully saturated rings. The van der Waals surface area contributed by atoms with Crippen molar-refractivity contribution in [2.24, 2.45) is 0 Å². The van der Waals surface area contributed by atoms with Crippen LogP contribution in [0.4, 0.5) is 5.69 Å². The molecule has 0 heterocycles. The molecule has 0 radical (unpaired) electrons. The molecule has 0 aliphatic rings. The van der Waals surface area contributed by atoms with Gasteiger partial charge in [-0.2, -0.15) is 0 Å². The summed E-state index contributed by atoms with van der Waals surface area (Å²) in [6.07, 6.45) is 0. The van der Waals surface area contributed by atoms with Crippen LogP contribution >= 0.6 is 0 Å². The van der Waals surface area contributed by atoms with Crippen molar-refractivity contribution in [3.8, 4) is 5.75 Å². The number of phenols is 1. The van der Waals surface area contributed by atoms with Crippen molar-refractivity contribution >= 4 is 23.5 Å². The third-order valence-corrected chi connectivity index (χ3v) is 2.68. The molecule has 8 heteroatoms. The largest absolute Gasteiger partial charge is 0.505 e. The number of hydrogen-bond donors (Lipinski definition) is 2. The number of methoxy groups -OCH3 is 2. The van der Waals surface area contributed by atoms with Crippen molar-refractivity contribution in [2.75, 3.05) is 33.0 Å². The van der Waals surface area contributed by atoms with Crippen molar-refractivity contribution in [1.82, 2.24) is 4.90 Å². The minimum atomic E-state index is -0.740. The summed E-state index contributed by atoms with van der Waals surface area (Å²) in [4.78, 5) is 35.9. The van der Waals surface area contributed by atoms with E-state index in [2.05, 4.69) is 9.47 Å². The number of carbonyl (C=O) groups is 3. The first-order valence-corrected chi connectivity index (χ1v) is 5.91. The molecule has 114 valence electrons. The first-order chi connectivity index (χ1) is 9.90. The number of carbonyl (C=O) groups excluding carboxylic acids is 3. The third kappa shape index (κ3) is 4.10. The van der Waals surface area contributed by atoms with Gasteiger partial charge >= 0.3 is 11.9 Å². The Morgan fingerprint density at radius 1 is 1.14 bits per heavy atom. The van der Waals surface area contributed by atoms with E-state index in [4.69, 9.17) is 5.73 Å². The lowest BCUT2D eigenvalue weighted by atomic mass is 10.1. The highest BCUT2D eigenvalue weighted by molar-refractivity contribution is 6.01. The average molecular weight is 296 g/mol. The van der Waals surface area contributed by atoms with E-state index in [9.17, 15) is 19.5 Å². The summed E-state index contributed by atoms with van der Waals surface area (Å²) in [7, 11) is 2.31. The fourth-order valence-electron chi connectivity index (χ4n) is 1.54. The fourth-order valence-corrected chi connectivity index (χ4v) is 1.54. The Morgan fingerprint density at radius 2 is 1.67 bits per heavy atom. The van der Waals surface area contributed by atoms with Gasteiger partial charge in [-0.3, -0.25) is 14.4 Å². The van der Waals surface area contributed by atoms with Gasteiger partial charge in [0, 0.05) is 0 Å².